The molecule has 2 rings (SSSR count). The van der Waals surface area contributed by atoms with Crippen LogP contribution in [0.15, 0.2) is 30.3 Å². The van der Waals surface area contributed by atoms with Crippen molar-refractivity contribution in [3.8, 4) is 0 Å². The number of hydrogen-bond acceptors (Lipinski definition) is 2. The molecule has 1 fully saturated rings. The van der Waals surface area contributed by atoms with Crippen molar-refractivity contribution in [3.05, 3.63) is 35.9 Å². The molecular formula is C16H23NO2. The van der Waals surface area contributed by atoms with Crippen molar-refractivity contribution < 1.29 is 9.90 Å². The van der Waals surface area contributed by atoms with Gasteiger partial charge in [-0.3, -0.25) is 9.69 Å². The lowest BCUT2D eigenvalue weighted by atomic mass is 9.86. The quantitative estimate of drug-likeness (QED) is 0.904. The Kier molecular flexibility index (Phi) is 4.59. The minimum atomic E-state index is -0.757. The fourth-order valence-electron chi connectivity index (χ4n) is 3.05. The number of aliphatic carboxylic acids is 1. The Morgan fingerprint density at radius 1 is 1.21 bits per heavy atom. The van der Waals surface area contributed by atoms with E-state index >= 15 is 0 Å². The zero-order valence-corrected chi connectivity index (χ0v) is 11.7. The van der Waals surface area contributed by atoms with Crippen LogP contribution < -0.4 is 0 Å². The number of carboxylic acids is 1. The highest BCUT2D eigenvalue weighted by Crippen LogP contribution is 2.31. The molecule has 3 nitrogen and oxygen atoms in total. The van der Waals surface area contributed by atoms with E-state index in [4.69, 9.17) is 0 Å². The van der Waals surface area contributed by atoms with Crippen molar-refractivity contribution in [2.45, 2.75) is 44.7 Å². The van der Waals surface area contributed by atoms with Crippen molar-refractivity contribution in [1.29, 1.82) is 0 Å². The van der Waals surface area contributed by atoms with Crippen molar-refractivity contribution in [1.82, 2.24) is 4.90 Å². The number of carboxylic acid groups (broad SMARTS) is 1. The SMILES string of the molecule is CC1CCC(N(C)C(C(=O)O)c2ccccc2)CC1. The van der Waals surface area contributed by atoms with Crippen molar-refractivity contribution in [2.24, 2.45) is 5.92 Å². The summed E-state index contributed by atoms with van der Waals surface area (Å²) in [6.07, 6.45) is 4.62. The van der Waals surface area contributed by atoms with E-state index in [2.05, 4.69) is 6.92 Å². The highest BCUT2D eigenvalue weighted by Gasteiger charge is 2.31. The molecule has 0 spiro atoms. The molecule has 19 heavy (non-hydrogen) atoms. The van der Waals surface area contributed by atoms with E-state index in [1.54, 1.807) is 0 Å². The van der Waals surface area contributed by atoms with Gasteiger partial charge in [-0.25, -0.2) is 0 Å². The Labute approximate surface area is 115 Å². The van der Waals surface area contributed by atoms with E-state index in [0.29, 0.717) is 6.04 Å². The number of likely N-dealkylation sites (N-methyl/N-ethyl adjacent to an activating group) is 1. The molecule has 0 amide bonds. The van der Waals surface area contributed by atoms with Crippen LogP contribution in [0.4, 0.5) is 0 Å². The molecule has 1 unspecified atom stereocenters. The maximum absolute atomic E-state index is 11.6. The third-order valence-electron chi connectivity index (χ3n) is 4.32. The van der Waals surface area contributed by atoms with Crippen molar-refractivity contribution in [3.63, 3.8) is 0 Å². The third kappa shape index (κ3) is 3.35. The summed E-state index contributed by atoms with van der Waals surface area (Å²) in [4.78, 5) is 13.7. The zero-order valence-electron chi connectivity index (χ0n) is 11.7. The average molecular weight is 261 g/mol. The lowest BCUT2D eigenvalue weighted by molar-refractivity contribution is -0.144. The molecule has 0 saturated heterocycles. The Hall–Kier alpha value is -1.35. The summed E-state index contributed by atoms with van der Waals surface area (Å²) in [6.45, 7) is 2.28. The molecule has 0 bridgehead atoms. The summed E-state index contributed by atoms with van der Waals surface area (Å²) in [5, 5.41) is 9.54. The van der Waals surface area contributed by atoms with Gasteiger partial charge in [0.15, 0.2) is 0 Å². The molecule has 104 valence electrons. The standard InChI is InChI=1S/C16H23NO2/c1-12-8-10-14(11-9-12)17(2)15(16(18)19)13-6-4-3-5-7-13/h3-7,12,14-15H,8-11H2,1-2H3,(H,18,19). The molecule has 0 aromatic heterocycles. The van der Waals surface area contributed by atoms with Gasteiger partial charge in [-0.1, -0.05) is 37.3 Å². The zero-order chi connectivity index (χ0) is 13.8. The first-order valence-electron chi connectivity index (χ1n) is 7.09. The minimum absolute atomic E-state index is 0.387. The van der Waals surface area contributed by atoms with Crippen LogP contribution in [0.2, 0.25) is 0 Å². The molecular weight excluding hydrogens is 238 g/mol. The highest BCUT2D eigenvalue weighted by molar-refractivity contribution is 5.75. The molecule has 1 saturated carbocycles. The second kappa shape index (κ2) is 6.20. The largest absolute Gasteiger partial charge is 0.480 e. The minimum Gasteiger partial charge on any atom is -0.480 e. The van der Waals surface area contributed by atoms with Gasteiger partial charge in [0.25, 0.3) is 0 Å². The van der Waals surface area contributed by atoms with Crippen LogP contribution in [0.5, 0.6) is 0 Å². The van der Waals surface area contributed by atoms with Crippen LogP contribution in [-0.4, -0.2) is 29.1 Å². The molecule has 1 aliphatic carbocycles. The smallest absolute Gasteiger partial charge is 0.325 e. The lowest BCUT2D eigenvalue weighted by Crippen LogP contribution is -2.40. The van der Waals surface area contributed by atoms with E-state index in [9.17, 15) is 9.90 Å². The predicted molar refractivity (Wildman–Crippen MR) is 76.0 cm³/mol. The van der Waals surface area contributed by atoms with Gasteiger partial charge in [-0.2, -0.15) is 0 Å². The topological polar surface area (TPSA) is 40.5 Å². The first kappa shape index (κ1) is 14.1. The van der Waals surface area contributed by atoms with E-state index in [1.807, 2.05) is 42.3 Å². The molecule has 0 radical (unpaired) electrons. The molecule has 1 aromatic rings. The van der Waals surface area contributed by atoms with Gasteiger partial charge < -0.3 is 5.11 Å². The highest BCUT2D eigenvalue weighted by atomic mass is 16.4. The van der Waals surface area contributed by atoms with Gasteiger partial charge in [0, 0.05) is 6.04 Å². The van der Waals surface area contributed by atoms with Gasteiger partial charge in [-0.05, 0) is 44.2 Å². The Morgan fingerprint density at radius 2 is 1.79 bits per heavy atom. The van der Waals surface area contributed by atoms with Gasteiger partial charge in [0.05, 0.1) is 0 Å². The molecule has 1 atom stereocenters. The van der Waals surface area contributed by atoms with E-state index in [0.717, 1.165) is 24.3 Å². The van der Waals surface area contributed by atoms with Crippen LogP contribution in [0, 0.1) is 5.92 Å². The van der Waals surface area contributed by atoms with Gasteiger partial charge in [0.1, 0.15) is 6.04 Å². The first-order chi connectivity index (χ1) is 9.09. The second-order valence-electron chi connectivity index (χ2n) is 5.73. The summed E-state index contributed by atoms with van der Waals surface area (Å²) < 4.78 is 0. The van der Waals surface area contributed by atoms with Crippen LogP contribution >= 0.6 is 0 Å². The van der Waals surface area contributed by atoms with E-state index < -0.39 is 12.0 Å². The molecule has 0 heterocycles. The third-order valence-corrected chi connectivity index (χ3v) is 4.32. The Morgan fingerprint density at radius 3 is 2.32 bits per heavy atom. The lowest BCUT2D eigenvalue weighted by Gasteiger charge is -2.37. The van der Waals surface area contributed by atoms with E-state index in [-0.39, 0.29) is 0 Å². The normalized spacial score (nSPS) is 25.2. The summed E-state index contributed by atoms with van der Waals surface area (Å²) in [6, 6.07) is 9.40. The van der Waals surface area contributed by atoms with Gasteiger partial charge in [-0.15, -0.1) is 0 Å². The number of carbonyl (C=O) groups is 1. The molecule has 1 aliphatic rings. The fraction of sp³-hybridized carbons (Fsp3) is 0.562. The van der Waals surface area contributed by atoms with Crippen LogP contribution in [0.25, 0.3) is 0 Å². The van der Waals surface area contributed by atoms with Crippen LogP contribution in [0.1, 0.15) is 44.2 Å². The molecule has 0 aliphatic heterocycles. The molecule has 3 heteroatoms. The molecule has 1 N–H and O–H groups in total. The predicted octanol–water partition coefficient (Wildman–Crippen LogP) is 3.32. The molecule has 1 aromatic carbocycles. The number of rotatable bonds is 4. The van der Waals surface area contributed by atoms with Crippen molar-refractivity contribution in [2.75, 3.05) is 7.05 Å². The number of benzene rings is 1. The monoisotopic (exact) mass is 261 g/mol. The second-order valence-corrected chi connectivity index (χ2v) is 5.73. The Bertz CT molecular complexity index is 410. The number of hydrogen-bond donors (Lipinski definition) is 1. The van der Waals surface area contributed by atoms with Crippen LogP contribution in [-0.2, 0) is 4.79 Å². The fourth-order valence-corrected chi connectivity index (χ4v) is 3.05. The number of nitrogens with zero attached hydrogens (tertiary/aromatic N) is 1. The van der Waals surface area contributed by atoms with Crippen molar-refractivity contribution >= 4 is 5.97 Å². The average Bonchev–Trinajstić information content (AvgIpc) is 2.40. The Balaban J connectivity index is 2.13. The van der Waals surface area contributed by atoms with Gasteiger partial charge >= 0.3 is 5.97 Å². The summed E-state index contributed by atoms with van der Waals surface area (Å²) in [5.41, 5.74) is 0.871. The summed E-state index contributed by atoms with van der Waals surface area (Å²) in [5.74, 6) is 0.0250. The maximum Gasteiger partial charge on any atom is 0.325 e. The van der Waals surface area contributed by atoms with Gasteiger partial charge in [0.2, 0.25) is 0 Å². The van der Waals surface area contributed by atoms with Crippen LogP contribution in [0.3, 0.4) is 0 Å². The summed E-state index contributed by atoms with van der Waals surface area (Å²) in [7, 11) is 1.95. The maximum atomic E-state index is 11.6. The van der Waals surface area contributed by atoms with E-state index in [1.165, 1.54) is 12.8 Å². The summed E-state index contributed by atoms with van der Waals surface area (Å²) >= 11 is 0. The first-order valence-corrected chi connectivity index (χ1v) is 7.09.